The summed E-state index contributed by atoms with van der Waals surface area (Å²) in [6.07, 6.45) is -5.93. The van der Waals surface area contributed by atoms with Crippen LogP contribution in [0.15, 0.2) is 18.2 Å². The minimum Gasteiger partial charge on any atom is -0.481 e. The number of carboxylic acids is 1. The van der Waals surface area contributed by atoms with Crippen molar-refractivity contribution in [2.24, 2.45) is 0 Å². The molecule has 1 saturated heterocycles. The van der Waals surface area contributed by atoms with E-state index in [1.165, 1.54) is 0 Å². The van der Waals surface area contributed by atoms with Gasteiger partial charge in [-0.15, -0.1) is 0 Å². The number of amides is 1. The van der Waals surface area contributed by atoms with Gasteiger partial charge in [0.05, 0.1) is 29.6 Å². The first-order valence-electron chi connectivity index (χ1n) is 7.08. The maximum Gasteiger partial charge on any atom is 0.416 e. The van der Waals surface area contributed by atoms with Crippen LogP contribution < -0.4 is 0 Å². The summed E-state index contributed by atoms with van der Waals surface area (Å²) >= 11 is 0. The highest BCUT2D eigenvalue weighted by Crippen LogP contribution is 2.33. The number of morpholine rings is 1. The van der Waals surface area contributed by atoms with Crippen molar-refractivity contribution in [3.05, 3.63) is 39.4 Å². The number of alkyl halides is 3. The van der Waals surface area contributed by atoms with Crippen molar-refractivity contribution in [3.8, 4) is 0 Å². The number of nitro benzene ring substituents is 1. The van der Waals surface area contributed by atoms with Crippen molar-refractivity contribution >= 4 is 17.6 Å². The van der Waals surface area contributed by atoms with Crippen molar-refractivity contribution in [1.29, 1.82) is 0 Å². The number of nitro groups is 1. The molecule has 11 heteroatoms. The molecule has 2 rings (SSSR count). The van der Waals surface area contributed by atoms with Crippen molar-refractivity contribution in [3.63, 3.8) is 0 Å². The number of carbonyl (C=O) groups is 2. The highest BCUT2D eigenvalue weighted by molar-refractivity contribution is 5.98. The molecule has 1 aliphatic rings. The molecule has 1 aromatic carbocycles. The van der Waals surface area contributed by atoms with E-state index in [1.54, 1.807) is 0 Å². The third-order valence-electron chi connectivity index (χ3n) is 3.58. The van der Waals surface area contributed by atoms with Crippen molar-refractivity contribution in [2.45, 2.75) is 18.7 Å². The smallest absolute Gasteiger partial charge is 0.416 e. The first-order valence-corrected chi connectivity index (χ1v) is 7.08. The minimum absolute atomic E-state index is 0.0259. The van der Waals surface area contributed by atoms with E-state index in [0.717, 1.165) is 11.0 Å². The minimum atomic E-state index is -4.78. The zero-order valence-electron chi connectivity index (χ0n) is 12.7. The van der Waals surface area contributed by atoms with E-state index in [0.29, 0.717) is 12.1 Å². The molecule has 1 aromatic rings. The summed E-state index contributed by atoms with van der Waals surface area (Å²) in [5.74, 6) is -1.99. The van der Waals surface area contributed by atoms with E-state index in [4.69, 9.17) is 9.84 Å². The number of ether oxygens (including phenoxy) is 1. The van der Waals surface area contributed by atoms with Crippen LogP contribution in [0.3, 0.4) is 0 Å². The molecule has 0 spiro atoms. The number of carbonyl (C=O) groups excluding carboxylic acids is 1. The average Bonchev–Trinajstić information content (AvgIpc) is 2.52. The summed E-state index contributed by atoms with van der Waals surface area (Å²) in [6.45, 7) is -0.0471. The van der Waals surface area contributed by atoms with Gasteiger partial charge in [-0.1, -0.05) is 0 Å². The lowest BCUT2D eigenvalue weighted by atomic mass is 10.1. The maximum absolute atomic E-state index is 12.7. The molecule has 136 valence electrons. The van der Waals surface area contributed by atoms with Crippen LogP contribution in [0.5, 0.6) is 0 Å². The third-order valence-corrected chi connectivity index (χ3v) is 3.58. The molecule has 8 nitrogen and oxygen atoms in total. The molecule has 1 aliphatic heterocycles. The molecule has 0 bridgehead atoms. The van der Waals surface area contributed by atoms with Gasteiger partial charge in [0.2, 0.25) is 0 Å². The highest BCUT2D eigenvalue weighted by Gasteiger charge is 2.35. The highest BCUT2D eigenvalue weighted by atomic mass is 19.4. The van der Waals surface area contributed by atoms with Gasteiger partial charge in [-0.25, -0.2) is 0 Å². The van der Waals surface area contributed by atoms with Gasteiger partial charge in [-0.3, -0.25) is 19.7 Å². The van der Waals surface area contributed by atoms with E-state index in [-0.39, 0.29) is 26.1 Å². The second kappa shape index (κ2) is 7.05. The molecule has 1 fully saturated rings. The number of carboxylic acid groups (broad SMARTS) is 1. The zero-order valence-corrected chi connectivity index (χ0v) is 12.7. The molecule has 0 aromatic heterocycles. The molecule has 1 N–H and O–H groups in total. The first-order chi connectivity index (χ1) is 11.6. The average molecular weight is 362 g/mol. The van der Waals surface area contributed by atoms with Gasteiger partial charge in [-0.05, 0) is 12.1 Å². The van der Waals surface area contributed by atoms with Crippen LogP contribution in [-0.2, 0) is 15.7 Å². The number of hydrogen-bond acceptors (Lipinski definition) is 5. The molecule has 0 radical (unpaired) electrons. The number of benzene rings is 1. The Labute approximate surface area is 138 Å². The summed E-state index contributed by atoms with van der Waals surface area (Å²) in [4.78, 5) is 34.3. The Morgan fingerprint density at radius 3 is 2.64 bits per heavy atom. The van der Waals surface area contributed by atoms with E-state index < -0.39 is 45.9 Å². The number of aliphatic carboxylic acids is 1. The van der Waals surface area contributed by atoms with Crippen molar-refractivity contribution in [1.82, 2.24) is 4.90 Å². The summed E-state index contributed by atoms with van der Waals surface area (Å²) in [5.41, 5.74) is -2.68. The van der Waals surface area contributed by atoms with Crippen molar-refractivity contribution < 1.29 is 37.5 Å². The van der Waals surface area contributed by atoms with Gasteiger partial charge in [-0.2, -0.15) is 13.2 Å². The topological polar surface area (TPSA) is 110 Å². The van der Waals surface area contributed by atoms with Crippen LogP contribution in [0.25, 0.3) is 0 Å². The summed E-state index contributed by atoms with van der Waals surface area (Å²) in [5, 5.41) is 19.8. The van der Waals surface area contributed by atoms with Crippen LogP contribution in [0.2, 0.25) is 0 Å². The van der Waals surface area contributed by atoms with Crippen LogP contribution in [0.1, 0.15) is 22.3 Å². The molecule has 1 amide bonds. The van der Waals surface area contributed by atoms with E-state index in [9.17, 15) is 32.9 Å². The summed E-state index contributed by atoms with van der Waals surface area (Å²) < 4.78 is 43.3. The fourth-order valence-electron chi connectivity index (χ4n) is 2.43. The summed E-state index contributed by atoms with van der Waals surface area (Å²) in [7, 11) is 0. The number of hydrogen-bond donors (Lipinski definition) is 1. The Hall–Kier alpha value is -2.69. The lowest BCUT2D eigenvalue weighted by Gasteiger charge is -2.32. The predicted molar refractivity (Wildman–Crippen MR) is 76.0 cm³/mol. The number of halogens is 3. The van der Waals surface area contributed by atoms with Gasteiger partial charge in [0.1, 0.15) is 5.56 Å². The Balaban J connectivity index is 2.29. The van der Waals surface area contributed by atoms with Crippen LogP contribution >= 0.6 is 0 Å². The zero-order chi connectivity index (χ0) is 18.8. The Morgan fingerprint density at radius 2 is 2.08 bits per heavy atom. The van der Waals surface area contributed by atoms with Crippen molar-refractivity contribution in [2.75, 3.05) is 19.7 Å². The second-order valence-electron chi connectivity index (χ2n) is 5.33. The van der Waals surface area contributed by atoms with E-state index >= 15 is 0 Å². The Bertz CT molecular complexity index is 706. The van der Waals surface area contributed by atoms with Gasteiger partial charge < -0.3 is 14.7 Å². The standard InChI is InChI=1S/C14H13F3N2O6/c15-14(16,17)8-1-2-10(11(5-8)19(23)24)13(22)18-3-4-25-9(7-18)6-12(20)21/h1-2,5,9H,3-4,6-7H2,(H,20,21). The molecule has 0 aliphatic carbocycles. The quantitative estimate of drug-likeness (QED) is 0.647. The molecule has 0 saturated carbocycles. The second-order valence-corrected chi connectivity index (χ2v) is 5.33. The molecule has 1 unspecified atom stereocenters. The Kier molecular flexibility index (Phi) is 5.26. The van der Waals surface area contributed by atoms with E-state index in [2.05, 4.69) is 0 Å². The van der Waals surface area contributed by atoms with Gasteiger partial charge >= 0.3 is 12.1 Å². The number of rotatable bonds is 4. The SMILES string of the molecule is O=C(O)CC1CN(C(=O)c2ccc(C(F)(F)F)cc2[N+](=O)[O-])CCO1. The predicted octanol–water partition coefficient (Wildman–Crippen LogP) is 1.93. The van der Waals surface area contributed by atoms with E-state index in [1.807, 2.05) is 0 Å². The molecule has 1 atom stereocenters. The largest absolute Gasteiger partial charge is 0.481 e. The fourth-order valence-corrected chi connectivity index (χ4v) is 2.43. The molecular formula is C14H13F3N2O6. The normalized spacial score (nSPS) is 18.0. The first kappa shape index (κ1) is 18.6. The lowest BCUT2D eigenvalue weighted by molar-refractivity contribution is -0.385. The maximum atomic E-state index is 12.7. The monoisotopic (exact) mass is 362 g/mol. The molecule has 1 heterocycles. The third kappa shape index (κ3) is 4.44. The Morgan fingerprint density at radius 1 is 1.40 bits per heavy atom. The fraction of sp³-hybridized carbons (Fsp3) is 0.429. The molecular weight excluding hydrogens is 349 g/mol. The van der Waals surface area contributed by atoms with Gasteiger partial charge in [0.15, 0.2) is 0 Å². The van der Waals surface area contributed by atoms with Gasteiger partial charge in [0.25, 0.3) is 11.6 Å². The van der Waals surface area contributed by atoms with Crippen LogP contribution in [0, 0.1) is 10.1 Å². The lowest BCUT2D eigenvalue weighted by Crippen LogP contribution is -2.46. The van der Waals surface area contributed by atoms with Crippen LogP contribution in [-0.4, -0.2) is 52.6 Å². The molecule has 25 heavy (non-hydrogen) atoms. The van der Waals surface area contributed by atoms with Gasteiger partial charge in [0, 0.05) is 19.2 Å². The van der Waals surface area contributed by atoms with Crippen LogP contribution in [0.4, 0.5) is 18.9 Å². The number of nitrogens with zero attached hydrogens (tertiary/aromatic N) is 2. The summed E-state index contributed by atoms with van der Waals surface area (Å²) in [6, 6.07) is 1.66.